The smallest absolute Gasteiger partial charge is 0.129 e. The summed E-state index contributed by atoms with van der Waals surface area (Å²) in [4.78, 5) is 0. The summed E-state index contributed by atoms with van der Waals surface area (Å²) < 4.78 is 0. The minimum Gasteiger partial charge on any atom is -0.389 e. The largest absolute Gasteiger partial charge is 0.389 e. The molecule has 0 unspecified atom stereocenters. The lowest BCUT2D eigenvalue weighted by Crippen LogP contribution is -2.28. The van der Waals surface area contributed by atoms with Crippen LogP contribution in [-0.2, 0) is 0 Å². The van der Waals surface area contributed by atoms with Crippen LogP contribution in [0.3, 0.4) is 0 Å². The first-order valence-corrected chi connectivity index (χ1v) is 9.56. The van der Waals surface area contributed by atoms with Gasteiger partial charge in [0.05, 0.1) is 6.10 Å². The molecule has 2 heteroatoms. The summed E-state index contributed by atoms with van der Waals surface area (Å²) in [6, 6.07) is 0. The Labute approximate surface area is 101 Å². The molecule has 0 amide bonds. The molecular weight excluding hydrogens is 212 g/mol. The molecule has 1 aliphatic carbocycles. The molecule has 1 N–H and O–H groups in total. The van der Waals surface area contributed by atoms with E-state index in [2.05, 4.69) is 45.0 Å². The second kappa shape index (κ2) is 4.39. The van der Waals surface area contributed by atoms with E-state index in [1.54, 1.807) is 0 Å². The third-order valence-electron chi connectivity index (χ3n) is 3.18. The van der Waals surface area contributed by atoms with Gasteiger partial charge in [-0.1, -0.05) is 39.4 Å². The van der Waals surface area contributed by atoms with Crippen molar-refractivity contribution >= 4 is 8.07 Å². The van der Waals surface area contributed by atoms with Crippen LogP contribution in [0, 0.1) is 16.9 Å². The Morgan fingerprint density at radius 1 is 1.31 bits per heavy atom. The standard InChI is InChI=1S/C14H24OSi/c1-11-12(8-10-16(4,5)6)14(2,3)9-7-13(11)15/h13,15H,7,9H2,1-6H3/t13-/m0/s1. The maximum atomic E-state index is 9.90. The Morgan fingerprint density at radius 3 is 2.38 bits per heavy atom. The van der Waals surface area contributed by atoms with Crippen molar-refractivity contribution in [3.63, 3.8) is 0 Å². The van der Waals surface area contributed by atoms with Gasteiger partial charge in [0, 0.05) is 5.57 Å². The van der Waals surface area contributed by atoms with Crippen molar-refractivity contribution in [1.29, 1.82) is 0 Å². The van der Waals surface area contributed by atoms with Gasteiger partial charge in [-0.25, -0.2) is 0 Å². The number of aliphatic hydroxyl groups is 1. The minimum atomic E-state index is -1.33. The summed E-state index contributed by atoms with van der Waals surface area (Å²) in [5, 5.41) is 9.90. The molecule has 0 spiro atoms. The summed E-state index contributed by atoms with van der Waals surface area (Å²) >= 11 is 0. The lowest BCUT2D eigenvalue weighted by atomic mass is 9.72. The normalized spacial score (nSPS) is 25.1. The first kappa shape index (κ1) is 13.5. The van der Waals surface area contributed by atoms with E-state index in [9.17, 15) is 5.11 Å². The van der Waals surface area contributed by atoms with Crippen LogP contribution in [0.4, 0.5) is 0 Å². The first-order valence-electron chi connectivity index (χ1n) is 6.06. The number of allylic oxidation sites excluding steroid dienone is 1. The van der Waals surface area contributed by atoms with Gasteiger partial charge in [0.2, 0.25) is 0 Å². The second-order valence-electron chi connectivity index (χ2n) is 6.50. The highest BCUT2D eigenvalue weighted by Gasteiger charge is 2.31. The molecule has 0 aromatic heterocycles. The minimum absolute atomic E-state index is 0.135. The second-order valence-corrected chi connectivity index (χ2v) is 11.2. The highest BCUT2D eigenvalue weighted by atomic mass is 28.3. The Morgan fingerprint density at radius 2 is 1.88 bits per heavy atom. The van der Waals surface area contributed by atoms with Gasteiger partial charge in [-0.2, -0.15) is 0 Å². The molecule has 0 saturated heterocycles. The quantitative estimate of drug-likeness (QED) is 0.505. The highest BCUT2D eigenvalue weighted by Crippen LogP contribution is 2.39. The number of hydrogen-bond donors (Lipinski definition) is 1. The van der Waals surface area contributed by atoms with Gasteiger partial charge in [-0.15, -0.1) is 5.54 Å². The van der Waals surface area contributed by atoms with Crippen molar-refractivity contribution in [3.8, 4) is 11.5 Å². The summed E-state index contributed by atoms with van der Waals surface area (Å²) in [5.74, 6) is 3.36. The molecule has 0 heterocycles. The SMILES string of the molecule is CC1=C(C#C[Si](C)(C)C)C(C)(C)CC[C@@H]1O. The lowest BCUT2D eigenvalue weighted by molar-refractivity contribution is 0.163. The van der Waals surface area contributed by atoms with Crippen LogP contribution >= 0.6 is 0 Å². The van der Waals surface area contributed by atoms with E-state index in [-0.39, 0.29) is 11.5 Å². The van der Waals surface area contributed by atoms with E-state index in [0.717, 1.165) is 18.4 Å². The molecule has 90 valence electrons. The van der Waals surface area contributed by atoms with Crippen molar-refractivity contribution in [3.05, 3.63) is 11.1 Å². The van der Waals surface area contributed by atoms with Crippen LogP contribution in [0.15, 0.2) is 11.1 Å². The van der Waals surface area contributed by atoms with Crippen LogP contribution in [-0.4, -0.2) is 19.3 Å². The fourth-order valence-electron chi connectivity index (χ4n) is 2.06. The summed E-state index contributed by atoms with van der Waals surface area (Å²) in [7, 11) is -1.33. The molecule has 0 fully saturated rings. The van der Waals surface area contributed by atoms with Gasteiger partial charge < -0.3 is 5.11 Å². The zero-order chi connectivity index (χ0) is 12.6. The zero-order valence-electron chi connectivity index (χ0n) is 11.4. The van der Waals surface area contributed by atoms with Crippen LogP contribution < -0.4 is 0 Å². The zero-order valence-corrected chi connectivity index (χ0v) is 12.4. The molecule has 0 aromatic carbocycles. The van der Waals surface area contributed by atoms with Crippen molar-refractivity contribution < 1.29 is 5.11 Å². The average Bonchev–Trinajstić information content (AvgIpc) is 2.10. The molecule has 16 heavy (non-hydrogen) atoms. The van der Waals surface area contributed by atoms with Crippen molar-refractivity contribution in [2.75, 3.05) is 0 Å². The van der Waals surface area contributed by atoms with Gasteiger partial charge in [0.15, 0.2) is 0 Å². The molecule has 0 radical (unpaired) electrons. The van der Waals surface area contributed by atoms with E-state index in [0.29, 0.717) is 0 Å². The van der Waals surface area contributed by atoms with Crippen LogP contribution in [0.1, 0.15) is 33.6 Å². The van der Waals surface area contributed by atoms with Crippen molar-refractivity contribution in [1.82, 2.24) is 0 Å². The highest BCUT2D eigenvalue weighted by molar-refractivity contribution is 6.83. The van der Waals surface area contributed by atoms with E-state index in [1.807, 2.05) is 6.92 Å². The monoisotopic (exact) mass is 236 g/mol. The van der Waals surface area contributed by atoms with E-state index in [1.165, 1.54) is 5.57 Å². The van der Waals surface area contributed by atoms with Gasteiger partial charge >= 0.3 is 0 Å². The summed E-state index contributed by atoms with van der Waals surface area (Å²) in [6.45, 7) is 13.2. The third-order valence-corrected chi connectivity index (χ3v) is 4.05. The Kier molecular flexibility index (Phi) is 3.71. The third kappa shape index (κ3) is 3.23. The molecule has 1 atom stereocenters. The molecular formula is C14H24OSi. The fourth-order valence-corrected chi connectivity index (χ4v) is 2.56. The molecule has 0 aliphatic heterocycles. The Hall–Kier alpha value is -0.523. The predicted molar refractivity (Wildman–Crippen MR) is 72.8 cm³/mol. The van der Waals surface area contributed by atoms with Crippen molar-refractivity contribution in [2.45, 2.75) is 59.4 Å². The molecule has 0 bridgehead atoms. The Bertz CT molecular complexity index is 360. The first-order chi connectivity index (χ1) is 7.13. The van der Waals surface area contributed by atoms with Gasteiger partial charge in [0.1, 0.15) is 8.07 Å². The lowest BCUT2D eigenvalue weighted by Gasteiger charge is -2.34. The topological polar surface area (TPSA) is 20.2 Å². The van der Waals surface area contributed by atoms with Gasteiger partial charge in [-0.05, 0) is 30.8 Å². The van der Waals surface area contributed by atoms with E-state index < -0.39 is 8.07 Å². The summed E-state index contributed by atoms with van der Waals surface area (Å²) in [5.41, 5.74) is 5.81. The molecule has 1 rings (SSSR count). The van der Waals surface area contributed by atoms with Crippen LogP contribution in [0.5, 0.6) is 0 Å². The van der Waals surface area contributed by atoms with Gasteiger partial charge in [0.25, 0.3) is 0 Å². The van der Waals surface area contributed by atoms with Crippen LogP contribution in [0.2, 0.25) is 19.6 Å². The number of rotatable bonds is 0. The number of aliphatic hydroxyl groups excluding tert-OH is 1. The predicted octanol–water partition coefficient (Wildman–Crippen LogP) is 3.36. The maximum Gasteiger partial charge on any atom is 0.129 e. The number of hydrogen-bond acceptors (Lipinski definition) is 1. The molecule has 0 saturated carbocycles. The van der Waals surface area contributed by atoms with Crippen molar-refractivity contribution in [2.24, 2.45) is 5.41 Å². The Balaban J connectivity index is 3.14. The average molecular weight is 236 g/mol. The summed E-state index contributed by atoms with van der Waals surface area (Å²) in [6.07, 6.45) is 1.62. The maximum absolute atomic E-state index is 9.90. The fraction of sp³-hybridized carbons (Fsp3) is 0.714. The van der Waals surface area contributed by atoms with E-state index >= 15 is 0 Å². The molecule has 1 aliphatic rings. The van der Waals surface area contributed by atoms with Crippen LogP contribution in [0.25, 0.3) is 0 Å². The molecule has 1 nitrogen and oxygen atoms in total. The molecule has 0 aromatic rings. The van der Waals surface area contributed by atoms with E-state index in [4.69, 9.17) is 0 Å². The van der Waals surface area contributed by atoms with Gasteiger partial charge in [-0.3, -0.25) is 0 Å².